The Labute approximate surface area is 170 Å². The van der Waals surface area contributed by atoms with E-state index in [1.807, 2.05) is 24.4 Å². The van der Waals surface area contributed by atoms with E-state index in [0.717, 1.165) is 17.7 Å². The molecule has 0 atom stereocenters. The Balaban J connectivity index is 1.71. The molecule has 3 amide bonds. The van der Waals surface area contributed by atoms with Crippen molar-refractivity contribution in [1.82, 2.24) is 20.8 Å². The highest BCUT2D eigenvalue weighted by molar-refractivity contribution is 7.13. The van der Waals surface area contributed by atoms with Gasteiger partial charge in [-0.3, -0.25) is 10.1 Å². The number of aryl methyl sites for hydroxylation is 1. The number of urea groups is 1. The van der Waals surface area contributed by atoms with Gasteiger partial charge in [0.05, 0.1) is 27.2 Å². The first-order valence-corrected chi connectivity index (χ1v) is 9.93. The number of nitrogens with zero attached hydrogens (tertiary/aromatic N) is 2. The van der Waals surface area contributed by atoms with Crippen LogP contribution in [0.1, 0.15) is 35.8 Å². The van der Waals surface area contributed by atoms with Gasteiger partial charge in [-0.2, -0.15) is 0 Å². The number of hydrogen-bond acceptors (Lipinski definition) is 8. The van der Waals surface area contributed by atoms with Crippen molar-refractivity contribution in [2.75, 3.05) is 13.2 Å². The summed E-state index contributed by atoms with van der Waals surface area (Å²) in [7, 11) is 0. The van der Waals surface area contributed by atoms with Crippen molar-refractivity contribution in [3.8, 4) is 10.6 Å². The van der Waals surface area contributed by atoms with Gasteiger partial charge in [-0.25, -0.2) is 14.6 Å². The Bertz CT molecular complexity index is 1030. The van der Waals surface area contributed by atoms with E-state index in [1.165, 1.54) is 11.3 Å². The maximum absolute atomic E-state index is 12.6. The normalized spacial score (nSPS) is 10.7. The zero-order valence-corrected chi connectivity index (χ0v) is 16.8. The summed E-state index contributed by atoms with van der Waals surface area (Å²) >= 11 is 1.46. The summed E-state index contributed by atoms with van der Waals surface area (Å²) in [6.07, 6.45) is 1.72. The van der Waals surface area contributed by atoms with Crippen LogP contribution in [0.3, 0.4) is 0 Å². The van der Waals surface area contributed by atoms with E-state index in [9.17, 15) is 14.4 Å². The molecule has 3 aromatic heterocycles. The van der Waals surface area contributed by atoms with Crippen molar-refractivity contribution in [1.29, 1.82) is 0 Å². The Morgan fingerprint density at radius 2 is 2.14 bits per heavy atom. The van der Waals surface area contributed by atoms with Gasteiger partial charge in [0.1, 0.15) is 0 Å². The summed E-state index contributed by atoms with van der Waals surface area (Å²) < 4.78 is 10.3. The lowest BCUT2D eigenvalue weighted by Gasteiger charge is -2.08. The number of pyridine rings is 1. The zero-order valence-electron chi connectivity index (χ0n) is 16.0. The number of nitrogens with one attached hydrogen (secondary N) is 2. The van der Waals surface area contributed by atoms with Crippen LogP contribution in [-0.4, -0.2) is 41.2 Å². The number of aromatic nitrogens is 2. The second-order valence-electron chi connectivity index (χ2n) is 6.21. The lowest BCUT2D eigenvalue weighted by Crippen LogP contribution is -2.41. The van der Waals surface area contributed by atoms with Crippen molar-refractivity contribution < 1.29 is 23.6 Å². The van der Waals surface area contributed by atoms with E-state index >= 15 is 0 Å². The number of unbranched alkanes of at least 4 members (excludes halogenated alkanes) is 1. The molecule has 152 valence electrons. The van der Waals surface area contributed by atoms with Gasteiger partial charge in [-0.05, 0) is 30.9 Å². The van der Waals surface area contributed by atoms with Gasteiger partial charge in [0, 0.05) is 6.54 Å². The summed E-state index contributed by atoms with van der Waals surface area (Å²) in [5.74, 6) is -1.46. The molecule has 3 rings (SSSR count). The number of amides is 3. The van der Waals surface area contributed by atoms with Gasteiger partial charge in [-0.1, -0.05) is 24.6 Å². The van der Waals surface area contributed by atoms with E-state index < -0.39 is 24.5 Å². The molecule has 0 aliphatic heterocycles. The molecule has 29 heavy (non-hydrogen) atoms. The highest BCUT2D eigenvalue weighted by Gasteiger charge is 2.21. The van der Waals surface area contributed by atoms with Crippen molar-refractivity contribution in [2.45, 2.75) is 26.7 Å². The highest BCUT2D eigenvalue weighted by atomic mass is 32.1. The van der Waals surface area contributed by atoms with Crippen LogP contribution in [0.25, 0.3) is 21.7 Å². The maximum Gasteiger partial charge on any atom is 0.339 e. The van der Waals surface area contributed by atoms with Crippen molar-refractivity contribution >= 4 is 40.3 Å². The van der Waals surface area contributed by atoms with Gasteiger partial charge in [0.2, 0.25) is 0 Å². The SMILES string of the molecule is CCCCNC(=O)NC(=O)COC(=O)c1cc(-c2cccs2)nc2onc(C)c12. The van der Waals surface area contributed by atoms with E-state index in [4.69, 9.17) is 9.26 Å². The Kier molecular flexibility index (Phi) is 6.55. The molecule has 9 nitrogen and oxygen atoms in total. The first kappa shape index (κ1) is 20.5. The van der Waals surface area contributed by atoms with Gasteiger partial charge in [0.25, 0.3) is 11.6 Å². The zero-order chi connectivity index (χ0) is 20.8. The first-order valence-electron chi connectivity index (χ1n) is 9.05. The van der Waals surface area contributed by atoms with Crippen LogP contribution in [-0.2, 0) is 9.53 Å². The number of ether oxygens (including phenoxy) is 1. The molecule has 0 unspecified atom stereocenters. The van der Waals surface area contributed by atoms with Crippen molar-refractivity contribution in [3.05, 3.63) is 34.8 Å². The minimum absolute atomic E-state index is 0.192. The largest absolute Gasteiger partial charge is 0.452 e. The number of hydrogen-bond donors (Lipinski definition) is 2. The summed E-state index contributed by atoms with van der Waals surface area (Å²) in [6.45, 7) is 3.54. The molecule has 0 spiro atoms. The Morgan fingerprint density at radius 1 is 1.31 bits per heavy atom. The molecule has 2 N–H and O–H groups in total. The third-order valence-corrected chi connectivity index (χ3v) is 4.91. The molecule has 0 fully saturated rings. The summed E-state index contributed by atoms with van der Waals surface area (Å²) in [4.78, 5) is 41.3. The highest BCUT2D eigenvalue weighted by Crippen LogP contribution is 2.29. The number of imide groups is 1. The topological polar surface area (TPSA) is 123 Å². The average Bonchev–Trinajstić information content (AvgIpc) is 3.36. The second kappa shape index (κ2) is 9.28. The molecular formula is C19H20N4O5S. The predicted molar refractivity (Wildman–Crippen MR) is 107 cm³/mol. The Morgan fingerprint density at radius 3 is 2.86 bits per heavy atom. The second-order valence-corrected chi connectivity index (χ2v) is 7.16. The number of carbonyl (C=O) groups is 3. The third kappa shape index (κ3) is 4.96. The first-order chi connectivity index (χ1) is 14.0. The summed E-state index contributed by atoms with van der Waals surface area (Å²) in [6, 6.07) is 4.68. The van der Waals surface area contributed by atoms with Crippen LogP contribution in [0.4, 0.5) is 4.79 Å². The lowest BCUT2D eigenvalue weighted by molar-refractivity contribution is -0.123. The molecule has 0 radical (unpaired) electrons. The van der Waals surface area contributed by atoms with Gasteiger partial charge in [0.15, 0.2) is 6.61 Å². The van der Waals surface area contributed by atoms with Crippen molar-refractivity contribution in [3.63, 3.8) is 0 Å². The molecule has 3 heterocycles. The van der Waals surface area contributed by atoms with Crippen LogP contribution in [0.2, 0.25) is 0 Å². The minimum Gasteiger partial charge on any atom is -0.452 e. The van der Waals surface area contributed by atoms with Crippen LogP contribution >= 0.6 is 11.3 Å². The fraction of sp³-hybridized carbons (Fsp3) is 0.316. The fourth-order valence-corrected chi connectivity index (χ4v) is 3.29. The predicted octanol–water partition coefficient (Wildman–Crippen LogP) is 3.04. The smallest absolute Gasteiger partial charge is 0.339 e. The van der Waals surface area contributed by atoms with Gasteiger partial charge >= 0.3 is 12.0 Å². The molecule has 0 saturated carbocycles. The van der Waals surface area contributed by atoms with Crippen LogP contribution in [0, 0.1) is 6.92 Å². The average molecular weight is 416 g/mol. The molecule has 0 aliphatic rings. The lowest BCUT2D eigenvalue weighted by atomic mass is 10.1. The van der Waals surface area contributed by atoms with Crippen LogP contribution in [0.15, 0.2) is 28.1 Å². The summed E-state index contributed by atoms with van der Waals surface area (Å²) in [5, 5.41) is 10.8. The van der Waals surface area contributed by atoms with Crippen LogP contribution in [0.5, 0.6) is 0 Å². The minimum atomic E-state index is -0.733. The van der Waals surface area contributed by atoms with E-state index in [0.29, 0.717) is 23.3 Å². The van der Waals surface area contributed by atoms with Crippen LogP contribution < -0.4 is 10.6 Å². The molecule has 0 saturated heterocycles. The number of thiophene rings is 1. The number of fused-ring (bicyclic) bond motifs is 1. The Hall–Kier alpha value is -3.27. The maximum atomic E-state index is 12.6. The van der Waals surface area contributed by atoms with E-state index in [1.54, 1.807) is 13.0 Å². The van der Waals surface area contributed by atoms with Crippen molar-refractivity contribution in [2.24, 2.45) is 0 Å². The van der Waals surface area contributed by atoms with Gasteiger partial charge < -0.3 is 14.6 Å². The van der Waals surface area contributed by atoms with E-state index in [2.05, 4.69) is 20.8 Å². The molecular weight excluding hydrogens is 396 g/mol. The molecule has 3 aromatic rings. The fourth-order valence-electron chi connectivity index (χ4n) is 2.60. The summed E-state index contributed by atoms with van der Waals surface area (Å²) in [5.41, 5.74) is 1.42. The van der Waals surface area contributed by atoms with Gasteiger partial charge in [-0.15, -0.1) is 11.3 Å². The third-order valence-electron chi connectivity index (χ3n) is 4.01. The molecule has 0 aliphatic carbocycles. The quantitative estimate of drug-likeness (QED) is 0.448. The molecule has 0 aromatic carbocycles. The molecule has 10 heteroatoms. The van der Waals surface area contributed by atoms with E-state index in [-0.39, 0.29) is 11.3 Å². The molecule has 0 bridgehead atoms. The number of esters is 1. The standard InChI is InChI=1S/C19H20N4O5S/c1-3-4-7-20-19(26)22-15(24)10-27-18(25)12-9-13(14-6-5-8-29-14)21-17-16(12)11(2)23-28-17/h5-6,8-9H,3-4,7,10H2,1-2H3,(H2,20,22,24,26). The number of rotatable bonds is 7. The number of carbonyl (C=O) groups excluding carboxylic acids is 3. The monoisotopic (exact) mass is 416 g/mol.